The van der Waals surface area contributed by atoms with Crippen LogP contribution in [0.4, 0.5) is 0 Å². The molecule has 2 unspecified atom stereocenters. The van der Waals surface area contributed by atoms with E-state index in [-0.39, 0.29) is 0 Å². The minimum Gasteiger partial charge on any atom is -0.387 e. The second kappa shape index (κ2) is 15.4. The van der Waals surface area contributed by atoms with E-state index in [9.17, 15) is 0 Å². The summed E-state index contributed by atoms with van der Waals surface area (Å²) in [5.41, 5.74) is 11.9. The molecular weight excluding hydrogens is 388 g/mol. The van der Waals surface area contributed by atoms with Crippen LogP contribution >= 0.6 is 45.1 Å². The molecule has 0 spiro atoms. The molecule has 1 aliphatic carbocycles. The van der Waals surface area contributed by atoms with Crippen LogP contribution in [0.1, 0.15) is 39.0 Å². The van der Waals surface area contributed by atoms with Gasteiger partial charge in [-0.3, -0.25) is 9.98 Å². The first-order chi connectivity index (χ1) is 12.1. The second-order valence-corrected chi connectivity index (χ2v) is 11.2. The number of amidine groups is 2. The molecule has 146 valence electrons. The zero-order chi connectivity index (χ0) is 18.3. The van der Waals surface area contributed by atoms with E-state index in [4.69, 9.17) is 11.5 Å². The number of thioether (sulfide) groups is 2. The summed E-state index contributed by atoms with van der Waals surface area (Å²) in [5.74, 6) is 6.61. The van der Waals surface area contributed by atoms with Gasteiger partial charge in [-0.15, -0.1) is 0 Å². The van der Waals surface area contributed by atoms with Gasteiger partial charge in [0.15, 0.2) is 0 Å². The van der Waals surface area contributed by atoms with Crippen molar-refractivity contribution in [2.45, 2.75) is 44.3 Å². The van der Waals surface area contributed by atoms with Crippen LogP contribution in [0.5, 0.6) is 0 Å². The molecule has 4 nitrogen and oxygen atoms in total. The normalized spacial score (nSPS) is 21.8. The highest BCUT2D eigenvalue weighted by Gasteiger charge is 2.22. The SMILES string of the molecule is CSCCN=C(N)CCSSCCC(N)=NCCSC1CCCC1C. The Labute approximate surface area is 170 Å². The van der Waals surface area contributed by atoms with E-state index in [0.29, 0.717) is 0 Å². The molecule has 0 heterocycles. The first-order valence-corrected chi connectivity index (χ1v) is 14.0. The molecule has 0 aliphatic heterocycles. The minimum atomic E-state index is 0.775. The van der Waals surface area contributed by atoms with E-state index in [0.717, 1.165) is 71.8 Å². The highest BCUT2D eigenvalue weighted by Crippen LogP contribution is 2.34. The van der Waals surface area contributed by atoms with E-state index in [1.54, 1.807) is 11.8 Å². The van der Waals surface area contributed by atoms with Gasteiger partial charge in [0.2, 0.25) is 0 Å². The summed E-state index contributed by atoms with van der Waals surface area (Å²) in [7, 11) is 3.69. The van der Waals surface area contributed by atoms with Gasteiger partial charge in [0.25, 0.3) is 0 Å². The Kier molecular flexibility index (Phi) is 14.4. The van der Waals surface area contributed by atoms with Crippen LogP contribution in [0, 0.1) is 5.92 Å². The molecular formula is C17H34N4S4. The Morgan fingerprint density at radius 3 is 2.04 bits per heavy atom. The lowest BCUT2D eigenvalue weighted by Gasteiger charge is -2.13. The lowest BCUT2D eigenvalue weighted by molar-refractivity contribution is 0.624. The maximum atomic E-state index is 6.00. The Balaban J connectivity index is 1.95. The average Bonchev–Trinajstić information content (AvgIpc) is 3.00. The molecule has 8 heteroatoms. The van der Waals surface area contributed by atoms with Gasteiger partial charge in [-0.2, -0.15) is 23.5 Å². The third-order valence-electron chi connectivity index (χ3n) is 4.10. The maximum absolute atomic E-state index is 6.00. The van der Waals surface area contributed by atoms with Gasteiger partial charge in [0.05, 0.1) is 11.7 Å². The Bertz CT molecular complexity index is 404. The van der Waals surface area contributed by atoms with E-state index in [1.165, 1.54) is 19.3 Å². The van der Waals surface area contributed by atoms with Crippen molar-refractivity contribution in [3.8, 4) is 0 Å². The van der Waals surface area contributed by atoms with Crippen LogP contribution in [0.3, 0.4) is 0 Å². The fourth-order valence-corrected chi connectivity index (χ4v) is 6.20. The van der Waals surface area contributed by atoms with Crippen molar-refractivity contribution < 1.29 is 0 Å². The maximum Gasteiger partial charge on any atom is 0.0946 e. The van der Waals surface area contributed by atoms with Crippen molar-refractivity contribution in [3.05, 3.63) is 0 Å². The molecule has 0 aromatic carbocycles. The van der Waals surface area contributed by atoms with Crippen molar-refractivity contribution in [2.24, 2.45) is 27.4 Å². The van der Waals surface area contributed by atoms with Crippen LogP contribution in [-0.2, 0) is 0 Å². The monoisotopic (exact) mass is 422 g/mol. The molecule has 0 bridgehead atoms. The summed E-state index contributed by atoms with van der Waals surface area (Å²) in [5, 5.41) is 0.847. The third-order valence-corrected chi connectivity index (χ3v) is 8.64. The molecule has 1 aliphatic rings. The van der Waals surface area contributed by atoms with Crippen LogP contribution in [0.2, 0.25) is 0 Å². The lowest BCUT2D eigenvalue weighted by Crippen LogP contribution is -2.14. The summed E-state index contributed by atoms with van der Waals surface area (Å²) in [6.45, 7) is 4.07. The number of hydrogen-bond acceptors (Lipinski definition) is 6. The highest BCUT2D eigenvalue weighted by atomic mass is 33.1. The molecule has 1 saturated carbocycles. The second-order valence-electron chi connectivity index (χ2n) is 6.20. The highest BCUT2D eigenvalue weighted by molar-refractivity contribution is 8.76. The standard InChI is InChI=1S/C17H34N4S4/c1-14-4-3-5-15(14)23-13-9-21-17(19)7-11-25-24-10-6-16(18)20-8-12-22-2/h14-15H,3-13H2,1-2H3,(H2,18,20)(H2,19,21). The first kappa shape index (κ1) is 23.4. The predicted molar refractivity (Wildman–Crippen MR) is 125 cm³/mol. The minimum absolute atomic E-state index is 0.775. The largest absolute Gasteiger partial charge is 0.387 e. The summed E-state index contributed by atoms with van der Waals surface area (Å²) < 4.78 is 0. The van der Waals surface area contributed by atoms with Gasteiger partial charge < -0.3 is 11.5 Å². The Morgan fingerprint density at radius 2 is 1.52 bits per heavy atom. The van der Waals surface area contributed by atoms with Gasteiger partial charge >= 0.3 is 0 Å². The molecule has 4 N–H and O–H groups in total. The summed E-state index contributed by atoms with van der Waals surface area (Å²) >= 11 is 3.88. The molecule has 1 fully saturated rings. The van der Waals surface area contributed by atoms with Crippen molar-refractivity contribution in [3.63, 3.8) is 0 Å². The van der Waals surface area contributed by atoms with E-state index in [1.807, 2.05) is 21.6 Å². The smallest absolute Gasteiger partial charge is 0.0946 e. The molecule has 2 atom stereocenters. The molecule has 0 aromatic heterocycles. The average molecular weight is 423 g/mol. The topological polar surface area (TPSA) is 76.8 Å². The van der Waals surface area contributed by atoms with E-state index >= 15 is 0 Å². The molecule has 0 amide bonds. The van der Waals surface area contributed by atoms with E-state index in [2.05, 4.69) is 34.9 Å². The summed E-state index contributed by atoms with van der Waals surface area (Å²) in [4.78, 5) is 8.85. The Hall–Kier alpha value is 0.340. The van der Waals surface area contributed by atoms with Gasteiger partial charge in [-0.25, -0.2) is 0 Å². The van der Waals surface area contributed by atoms with Gasteiger partial charge in [0, 0.05) is 54.2 Å². The van der Waals surface area contributed by atoms with Crippen LogP contribution in [0.25, 0.3) is 0 Å². The molecule has 25 heavy (non-hydrogen) atoms. The van der Waals surface area contributed by atoms with Crippen LogP contribution < -0.4 is 11.5 Å². The predicted octanol–water partition coefficient (Wildman–Crippen LogP) is 4.15. The summed E-state index contributed by atoms with van der Waals surface area (Å²) in [6, 6.07) is 0. The van der Waals surface area contributed by atoms with Gasteiger partial charge in [0.1, 0.15) is 0 Å². The Morgan fingerprint density at radius 1 is 0.920 bits per heavy atom. The van der Waals surface area contributed by atoms with Crippen molar-refractivity contribution in [1.29, 1.82) is 0 Å². The molecule has 1 rings (SSSR count). The number of rotatable bonds is 14. The number of aliphatic imine (C=N–C) groups is 2. The fourth-order valence-electron chi connectivity index (χ4n) is 2.60. The number of nitrogens with zero attached hydrogens (tertiary/aromatic N) is 2. The summed E-state index contributed by atoms with van der Waals surface area (Å²) in [6.07, 6.45) is 8.00. The van der Waals surface area contributed by atoms with Crippen LogP contribution in [0.15, 0.2) is 9.98 Å². The van der Waals surface area contributed by atoms with Gasteiger partial charge in [-0.05, 0) is 25.0 Å². The van der Waals surface area contributed by atoms with Crippen molar-refractivity contribution >= 4 is 56.8 Å². The third kappa shape index (κ3) is 12.4. The first-order valence-electron chi connectivity index (χ1n) is 9.06. The van der Waals surface area contributed by atoms with E-state index < -0.39 is 0 Å². The zero-order valence-corrected chi connectivity index (χ0v) is 18.9. The van der Waals surface area contributed by atoms with Crippen molar-refractivity contribution in [1.82, 2.24) is 0 Å². The molecule has 0 saturated heterocycles. The number of hydrogen-bond donors (Lipinski definition) is 2. The molecule has 0 radical (unpaired) electrons. The van der Waals surface area contributed by atoms with Crippen molar-refractivity contribution in [2.75, 3.05) is 42.4 Å². The molecule has 0 aromatic rings. The van der Waals surface area contributed by atoms with Crippen LogP contribution in [-0.4, -0.2) is 59.3 Å². The zero-order valence-electron chi connectivity index (χ0n) is 15.6. The van der Waals surface area contributed by atoms with Gasteiger partial charge in [-0.1, -0.05) is 34.9 Å². The quantitative estimate of drug-likeness (QED) is 0.189. The lowest BCUT2D eigenvalue weighted by atomic mass is 10.1. The fraction of sp³-hybridized carbons (Fsp3) is 0.882. The number of nitrogens with two attached hydrogens (primary N) is 2.